The van der Waals surface area contributed by atoms with Crippen LogP contribution in [0.3, 0.4) is 0 Å². The molecule has 0 saturated carbocycles. The van der Waals surface area contributed by atoms with Gasteiger partial charge in [-0.3, -0.25) is 4.84 Å². The van der Waals surface area contributed by atoms with Crippen molar-refractivity contribution in [2.75, 3.05) is 7.11 Å². The Morgan fingerprint density at radius 1 is 1.18 bits per heavy atom. The fourth-order valence-electron chi connectivity index (χ4n) is 1.37. The minimum atomic E-state index is -4.45. The van der Waals surface area contributed by atoms with Crippen molar-refractivity contribution in [2.24, 2.45) is 5.90 Å². The molecule has 0 heterocycles. The molecule has 0 radical (unpaired) electrons. The molecule has 1 aromatic rings. The first kappa shape index (κ1) is 13.8. The highest BCUT2D eigenvalue weighted by Gasteiger charge is 2.35. The number of rotatable bonds is 3. The fraction of sp³-hybridized carbons (Fsp3) is 0.455. The first-order chi connectivity index (χ1) is 7.72. The summed E-state index contributed by atoms with van der Waals surface area (Å²) < 4.78 is 42.6. The SMILES string of the molecule is COc1cc(C(C)(C)ON)ccc1C(F)(F)F. The zero-order valence-electron chi connectivity index (χ0n) is 9.76. The van der Waals surface area contributed by atoms with Crippen LogP contribution in [0.4, 0.5) is 13.2 Å². The zero-order chi connectivity index (χ0) is 13.3. The predicted octanol–water partition coefficient (Wildman–Crippen LogP) is 2.84. The van der Waals surface area contributed by atoms with Crippen molar-refractivity contribution in [2.45, 2.75) is 25.6 Å². The molecule has 0 spiro atoms. The second kappa shape index (κ2) is 4.54. The third-order valence-corrected chi connectivity index (χ3v) is 2.50. The molecule has 0 aliphatic rings. The molecule has 0 fully saturated rings. The number of methoxy groups -OCH3 is 1. The molecular formula is C11H14F3NO2. The van der Waals surface area contributed by atoms with E-state index in [0.29, 0.717) is 5.56 Å². The van der Waals surface area contributed by atoms with Gasteiger partial charge in [-0.2, -0.15) is 13.2 Å². The molecule has 0 saturated heterocycles. The lowest BCUT2D eigenvalue weighted by atomic mass is 9.96. The van der Waals surface area contributed by atoms with Crippen LogP contribution < -0.4 is 10.6 Å². The number of nitrogens with two attached hydrogens (primary N) is 1. The van der Waals surface area contributed by atoms with Crippen LogP contribution in [-0.2, 0) is 16.6 Å². The third kappa shape index (κ3) is 2.89. The first-order valence-corrected chi connectivity index (χ1v) is 4.86. The maximum atomic E-state index is 12.6. The quantitative estimate of drug-likeness (QED) is 0.838. The predicted molar refractivity (Wildman–Crippen MR) is 56.3 cm³/mol. The van der Waals surface area contributed by atoms with E-state index in [1.54, 1.807) is 13.8 Å². The van der Waals surface area contributed by atoms with Crippen LogP contribution in [0.1, 0.15) is 25.0 Å². The van der Waals surface area contributed by atoms with Gasteiger partial charge < -0.3 is 4.74 Å². The van der Waals surface area contributed by atoms with Gasteiger partial charge in [-0.05, 0) is 31.5 Å². The van der Waals surface area contributed by atoms with Gasteiger partial charge in [-0.25, -0.2) is 5.90 Å². The highest BCUT2D eigenvalue weighted by Crippen LogP contribution is 2.38. The van der Waals surface area contributed by atoms with Gasteiger partial charge in [-0.15, -0.1) is 0 Å². The summed E-state index contributed by atoms with van der Waals surface area (Å²) in [5.41, 5.74) is -1.20. The van der Waals surface area contributed by atoms with E-state index in [2.05, 4.69) is 0 Å². The smallest absolute Gasteiger partial charge is 0.419 e. The summed E-state index contributed by atoms with van der Waals surface area (Å²) in [6.07, 6.45) is -4.45. The van der Waals surface area contributed by atoms with E-state index in [1.165, 1.54) is 19.2 Å². The summed E-state index contributed by atoms with van der Waals surface area (Å²) in [4.78, 5) is 4.71. The molecule has 0 unspecified atom stereocenters. The lowest BCUT2D eigenvalue weighted by Crippen LogP contribution is -2.25. The molecule has 0 atom stereocenters. The van der Waals surface area contributed by atoms with Gasteiger partial charge in [0.05, 0.1) is 12.7 Å². The van der Waals surface area contributed by atoms with Crippen molar-refractivity contribution < 1.29 is 22.7 Å². The summed E-state index contributed by atoms with van der Waals surface area (Å²) >= 11 is 0. The van der Waals surface area contributed by atoms with Crippen molar-refractivity contribution >= 4 is 0 Å². The second-order valence-corrected chi connectivity index (χ2v) is 4.04. The monoisotopic (exact) mass is 249 g/mol. The Hall–Kier alpha value is -1.27. The summed E-state index contributed by atoms with van der Waals surface area (Å²) in [6.45, 7) is 3.30. The van der Waals surface area contributed by atoms with E-state index in [0.717, 1.165) is 6.07 Å². The van der Waals surface area contributed by atoms with E-state index in [9.17, 15) is 13.2 Å². The Labute approximate surface area is 97.3 Å². The Morgan fingerprint density at radius 2 is 1.76 bits per heavy atom. The van der Waals surface area contributed by atoms with E-state index in [1.807, 2.05) is 0 Å². The van der Waals surface area contributed by atoms with Crippen molar-refractivity contribution in [1.82, 2.24) is 0 Å². The molecule has 0 amide bonds. The Morgan fingerprint density at radius 3 is 2.18 bits per heavy atom. The third-order valence-electron chi connectivity index (χ3n) is 2.50. The molecule has 0 aromatic heterocycles. The second-order valence-electron chi connectivity index (χ2n) is 4.04. The summed E-state index contributed by atoms with van der Waals surface area (Å²) in [5.74, 6) is 4.84. The molecule has 96 valence electrons. The van der Waals surface area contributed by atoms with E-state index in [-0.39, 0.29) is 5.75 Å². The standard InChI is InChI=1S/C11H14F3NO2/c1-10(2,17-15)7-4-5-8(11(12,13)14)9(6-7)16-3/h4-6H,15H2,1-3H3. The van der Waals surface area contributed by atoms with Gasteiger partial charge in [0, 0.05) is 0 Å². The minimum Gasteiger partial charge on any atom is -0.496 e. The number of hydrogen-bond donors (Lipinski definition) is 1. The van der Waals surface area contributed by atoms with Crippen LogP contribution in [0.15, 0.2) is 18.2 Å². The van der Waals surface area contributed by atoms with Crippen molar-refractivity contribution in [3.05, 3.63) is 29.3 Å². The molecule has 1 rings (SSSR count). The van der Waals surface area contributed by atoms with Crippen LogP contribution >= 0.6 is 0 Å². The summed E-state index contributed by atoms with van der Waals surface area (Å²) in [5, 5.41) is 0. The molecule has 3 nitrogen and oxygen atoms in total. The first-order valence-electron chi connectivity index (χ1n) is 4.86. The molecule has 0 aliphatic heterocycles. The Kier molecular flexibility index (Phi) is 3.68. The summed E-state index contributed by atoms with van der Waals surface area (Å²) in [6, 6.07) is 3.54. The number of alkyl halides is 3. The van der Waals surface area contributed by atoms with Crippen LogP contribution in [0, 0.1) is 0 Å². The summed E-state index contributed by atoms with van der Waals surface area (Å²) in [7, 11) is 1.19. The van der Waals surface area contributed by atoms with Gasteiger partial charge in [-0.1, -0.05) is 6.07 Å². The lowest BCUT2D eigenvalue weighted by Gasteiger charge is -2.23. The number of halogens is 3. The number of benzene rings is 1. The van der Waals surface area contributed by atoms with Gasteiger partial charge in [0.1, 0.15) is 11.4 Å². The van der Waals surface area contributed by atoms with Crippen LogP contribution in [0.25, 0.3) is 0 Å². The van der Waals surface area contributed by atoms with E-state index in [4.69, 9.17) is 15.5 Å². The molecule has 1 aromatic carbocycles. The van der Waals surface area contributed by atoms with E-state index >= 15 is 0 Å². The molecular weight excluding hydrogens is 235 g/mol. The minimum absolute atomic E-state index is 0.250. The van der Waals surface area contributed by atoms with Crippen LogP contribution in [0.2, 0.25) is 0 Å². The van der Waals surface area contributed by atoms with Crippen molar-refractivity contribution in [3.8, 4) is 5.75 Å². The maximum absolute atomic E-state index is 12.6. The maximum Gasteiger partial charge on any atom is 0.419 e. The average molecular weight is 249 g/mol. The lowest BCUT2D eigenvalue weighted by molar-refractivity contribution is -0.138. The molecule has 17 heavy (non-hydrogen) atoms. The number of hydrogen-bond acceptors (Lipinski definition) is 3. The van der Waals surface area contributed by atoms with Crippen molar-refractivity contribution in [3.63, 3.8) is 0 Å². The Bertz CT molecular complexity index is 402. The fourth-order valence-corrected chi connectivity index (χ4v) is 1.37. The average Bonchev–Trinajstić information content (AvgIpc) is 2.27. The van der Waals surface area contributed by atoms with E-state index < -0.39 is 17.3 Å². The topological polar surface area (TPSA) is 44.5 Å². The van der Waals surface area contributed by atoms with Gasteiger partial charge in [0.25, 0.3) is 0 Å². The largest absolute Gasteiger partial charge is 0.496 e. The normalized spacial score (nSPS) is 12.6. The molecule has 0 aliphatic carbocycles. The number of ether oxygens (including phenoxy) is 1. The Balaban J connectivity index is 3.27. The van der Waals surface area contributed by atoms with Gasteiger partial charge in [0.15, 0.2) is 0 Å². The highest BCUT2D eigenvalue weighted by molar-refractivity contribution is 5.41. The van der Waals surface area contributed by atoms with Gasteiger partial charge >= 0.3 is 6.18 Å². The van der Waals surface area contributed by atoms with Crippen molar-refractivity contribution in [1.29, 1.82) is 0 Å². The van der Waals surface area contributed by atoms with Crippen LogP contribution in [-0.4, -0.2) is 7.11 Å². The van der Waals surface area contributed by atoms with Crippen LogP contribution in [0.5, 0.6) is 5.75 Å². The van der Waals surface area contributed by atoms with Gasteiger partial charge in [0.2, 0.25) is 0 Å². The molecule has 2 N–H and O–H groups in total. The highest BCUT2D eigenvalue weighted by atomic mass is 19.4. The molecule has 6 heteroatoms. The molecule has 0 bridgehead atoms. The zero-order valence-corrected chi connectivity index (χ0v) is 9.76.